The van der Waals surface area contributed by atoms with Gasteiger partial charge in [0.1, 0.15) is 22.8 Å². The summed E-state index contributed by atoms with van der Waals surface area (Å²) in [6.07, 6.45) is 6.40. The van der Waals surface area contributed by atoms with Gasteiger partial charge < -0.3 is 20.9 Å². The zero-order valence-corrected chi connectivity index (χ0v) is 21.1. The third-order valence-corrected chi connectivity index (χ3v) is 7.76. The van der Waals surface area contributed by atoms with Gasteiger partial charge >= 0.3 is 0 Å². The SMILES string of the molecule is CN[C@@H](C)C(=O)N[C@@H](C(=O)N1CCC[C@@H]1C(=O)Nc1snnc1-c1ccccc1)C1CCCCC1. The molecule has 1 aliphatic carbocycles. The molecule has 3 N–H and O–H groups in total. The molecular formula is C25H34N6O3S. The molecule has 3 amide bonds. The smallest absolute Gasteiger partial charge is 0.247 e. The van der Waals surface area contributed by atoms with Crippen molar-refractivity contribution in [3.05, 3.63) is 30.3 Å². The van der Waals surface area contributed by atoms with Crippen molar-refractivity contribution in [3.8, 4) is 11.3 Å². The van der Waals surface area contributed by atoms with E-state index in [-0.39, 0.29) is 23.6 Å². The van der Waals surface area contributed by atoms with Gasteiger partial charge in [-0.25, -0.2) is 0 Å². The van der Waals surface area contributed by atoms with Crippen LogP contribution in [-0.4, -0.2) is 63.9 Å². The maximum absolute atomic E-state index is 13.8. The molecular weight excluding hydrogens is 464 g/mol. The molecule has 1 aliphatic heterocycles. The molecule has 2 aliphatic rings. The predicted molar refractivity (Wildman–Crippen MR) is 136 cm³/mol. The summed E-state index contributed by atoms with van der Waals surface area (Å²) in [6.45, 7) is 2.28. The number of benzene rings is 1. The van der Waals surface area contributed by atoms with Gasteiger partial charge in [0.15, 0.2) is 0 Å². The molecule has 1 aromatic heterocycles. The first-order valence-electron chi connectivity index (χ1n) is 12.5. The van der Waals surface area contributed by atoms with Gasteiger partial charge in [-0.3, -0.25) is 14.4 Å². The van der Waals surface area contributed by atoms with Crippen molar-refractivity contribution in [1.82, 2.24) is 25.1 Å². The number of hydrogen-bond donors (Lipinski definition) is 3. The molecule has 3 atom stereocenters. The first-order chi connectivity index (χ1) is 17.0. The predicted octanol–water partition coefficient (Wildman–Crippen LogP) is 2.81. The van der Waals surface area contributed by atoms with Crippen molar-refractivity contribution in [2.24, 2.45) is 5.92 Å². The zero-order chi connectivity index (χ0) is 24.8. The number of likely N-dealkylation sites (tertiary alicyclic amines) is 1. The van der Waals surface area contributed by atoms with E-state index >= 15 is 0 Å². The lowest BCUT2D eigenvalue weighted by Crippen LogP contribution is -2.57. The molecule has 2 aromatic rings. The van der Waals surface area contributed by atoms with Crippen LogP contribution in [0, 0.1) is 5.92 Å². The molecule has 0 bridgehead atoms. The number of likely N-dealkylation sites (N-methyl/N-ethyl adjacent to an activating group) is 1. The summed E-state index contributed by atoms with van der Waals surface area (Å²) in [5, 5.41) is 13.7. The summed E-state index contributed by atoms with van der Waals surface area (Å²) in [5.41, 5.74) is 1.49. The second kappa shape index (κ2) is 11.7. The number of nitrogens with one attached hydrogen (secondary N) is 3. The van der Waals surface area contributed by atoms with Crippen molar-refractivity contribution in [3.63, 3.8) is 0 Å². The summed E-state index contributed by atoms with van der Waals surface area (Å²) >= 11 is 1.12. The third kappa shape index (κ3) is 5.87. The van der Waals surface area contributed by atoms with Crippen LogP contribution in [0.4, 0.5) is 5.00 Å². The lowest BCUT2D eigenvalue weighted by atomic mass is 9.83. The van der Waals surface area contributed by atoms with Gasteiger partial charge in [0.05, 0.1) is 6.04 Å². The molecule has 1 aromatic carbocycles. The lowest BCUT2D eigenvalue weighted by molar-refractivity contribution is -0.142. The van der Waals surface area contributed by atoms with Crippen LogP contribution in [0.3, 0.4) is 0 Å². The van der Waals surface area contributed by atoms with E-state index in [1.807, 2.05) is 30.3 Å². The molecule has 0 radical (unpaired) electrons. The van der Waals surface area contributed by atoms with Crippen molar-refractivity contribution in [1.29, 1.82) is 0 Å². The number of carbonyl (C=O) groups excluding carboxylic acids is 3. The van der Waals surface area contributed by atoms with E-state index < -0.39 is 18.1 Å². The van der Waals surface area contributed by atoms with Crippen LogP contribution in [-0.2, 0) is 14.4 Å². The van der Waals surface area contributed by atoms with E-state index in [2.05, 4.69) is 25.5 Å². The van der Waals surface area contributed by atoms with Gasteiger partial charge in [-0.2, -0.15) is 0 Å². The average molecular weight is 499 g/mol. The van der Waals surface area contributed by atoms with E-state index in [1.165, 1.54) is 0 Å². The molecule has 10 heteroatoms. The van der Waals surface area contributed by atoms with Crippen molar-refractivity contribution >= 4 is 34.3 Å². The maximum atomic E-state index is 13.8. The number of anilines is 1. The van der Waals surface area contributed by atoms with E-state index in [9.17, 15) is 14.4 Å². The molecule has 0 unspecified atom stereocenters. The van der Waals surface area contributed by atoms with Crippen LogP contribution in [0.2, 0.25) is 0 Å². The van der Waals surface area contributed by atoms with Gasteiger partial charge in [0.2, 0.25) is 17.7 Å². The van der Waals surface area contributed by atoms with Crippen LogP contribution in [0.1, 0.15) is 51.9 Å². The largest absolute Gasteiger partial charge is 0.343 e. The number of hydrogen-bond acceptors (Lipinski definition) is 7. The quantitative estimate of drug-likeness (QED) is 0.515. The zero-order valence-electron chi connectivity index (χ0n) is 20.3. The number of amides is 3. The molecule has 9 nitrogen and oxygen atoms in total. The van der Waals surface area contributed by atoms with E-state index in [4.69, 9.17) is 0 Å². The van der Waals surface area contributed by atoms with Gasteiger partial charge in [-0.05, 0) is 45.6 Å². The minimum Gasteiger partial charge on any atom is -0.343 e. The fourth-order valence-corrected chi connectivity index (χ4v) is 5.59. The van der Waals surface area contributed by atoms with Crippen molar-refractivity contribution in [2.75, 3.05) is 18.9 Å². The first-order valence-corrected chi connectivity index (χ1v) is 13.2. The number of carbonyl (C=O) groups is 3. The second-order valence-electron chi connectivity index (χ2n) is 9.39. The summed E-state index contributed by atoms with van der Waals surface area (Å²) < 4.78 is 4.02. The second-order valence-corrected chi connectivity index (χ2v) is 10.1. The summed E-state index contributed by atoms with van der Waals surface area (Å²) in [6, 6.07) is 7.97. The first kappa shape index (κ1) is 25.2. The Hall–Kier alpha value is -2.85. The van der Waals surface area contributed by atoms with Crippen LogP contribution in [0.15, 0.2) is 30.3 Å². The average Bonchev–Trinajstić information content (AvgIpc) is 3.57. The van der Waals surface area contributed by atoms with E-state index in [0.717, 1.165) is 55.6 Å². The van der Waals surface area contributed by atoms with E-state index in [1.54, 1.807) is 18.9 Å². The molecule has 35 heavy (non-hydrogen) atoms. The van der Waals surface area contributed by atoms with Crippen molar-refractivity contribution in [2.45, 2.75) is 70.0 Å². The van der Waals surface area contributed by atoms with Crippen LogP contribution in [0.5, 0.6) is 0 Å². The highest BCUT2D eigenvalue weighted by molar-refractivity contribution is 7.10. The Labute approximate surface area is 210 Å². The maximum Gasteiger partial charge on any atom is 0.247 e. The van der Waals surface area contributed by atoms with Crippen LogP contribution < -0.4 is 16.0 Å². The van der Waals surface area contributed by atoms with Gasteiger partial charge in [-0.15, -0.1) is 5.10 Å². The van der Waals surface area contributed by atoms with Gasteiger partial charge in [-0.1, -0.05) is 54.1 Å². The molecule has 1 saturated carbocycles. The number of nitrogens with zero attached hydrogens (tertiary/aromatic N) is 3. The number of aromatic nitrogens is 2. The van der Waals surface area contributed by atoms with Crippen LogP contribution >= 0.6 is 11.5 Å². The standard InChI is InChI=1S/C25H34N6O3S/c1-16(26-2)22(32)27-21(18-12-7-4-8-13-18)25(34)31-15-9-14-19(31)23(33)28-24-20(29-30-35-24)17-10-5-3-6-11-17/h3,5-6,10-11,16,18-19,21,26H,4,7-9,12-15H2,1-2H3,(H,27,32)(H,28,33)/t16-,19+,21+/m0/s1. The lowest BCUT2D eigenvalue weighted by Gasteiger charge is -2.35. The highest BCUT2D eigenvalue weighted by Crippen LogP contribution is 2.31. The fourth-order valence-electron chi connectivity index (χ4n) is 4.99. The monoisotopic (exact) mass is 498 g/mol. The molecule has 2 heterocycles. The molecule has 4 rings (SSSR count). The van der Waals surface area contributed by atoms with Gasteiger partial charge in [0, 0.05) is 23.6 Å². The Kier molecular flexibility index (Phi) is 8.46. The Morgan fingerprint density at radius 1 is 1.06 bits per heavy atom. The van der Waals surface area contributed by atoms with Gasteiger partial charge in [0.25, 0.3) is 0 Å². The molecule has 2 fully saturated rings. The Balaban J connectivity index is 1.50. The van der Waals surface area contributed by atoms with Crippen LogP contribution in [0.25, 0.3) is 11.3 Å². The summed E-state index contributed by atoms with van der Waals surface area (Å²) in [5.74, 6) is -0.503. The Bertz CT molecular complexity index is 1020. The Morgan fingerprint density at radius 3 is 2.51 bits per heavy atom. The minimum atomic E-state index is -0.614. The normalized spacial score (nSPS) is 20.3. The Morgan fingerprint density at radius 2 is 1.80 bits per heavy atom. The minimum absolute atomic E-state index is 0.0870. The van der Waals surface area contributed by atoms with Crippen molar-refractivity contribution < 1.29 is 14.4 Å². The molecule has 188 valence electrons. The van der Waals surface area contributed by atoms with E-state index in [0.29, 0.717) is 23.7 Å². The summed E-state index contributed by atoms with van der Waals surface area (Å²) in [7, 11) is 1.72. The molecule has 1 saturated heterocycles. The molecule has 0 spiro atoms. The summed E-state index contributed by atoms with van der Waals surface area (Å²) in [4.78, 5) is 41.5. The topological polar surface area (TPSA) is 116 Å². The highest BCUT2D eigenvalue weighted by atomic mass is 32.1. The third-order valence-electron chi connectivity index (χ3n) is 7.12. The fraction of sp³-hybridized carbons (Fsp3) is 0.560. The highest BCUT2D eigenvalue weighted by Gasteiger charge is 2.41. The number of rotatable bonds is 8.